The summed E-state index contributed by atoms with van der Waals surface area (Å²) in [5.74, 6) is 0.591. The van der Waals surface area contributed by atoms with Crippen LogP contribution in [0.3, 0.4) is 0 Å². The standard InChI is InChI=1S/C27H41N3O/c1-8-28-25(31)24-18-22(14-19-12-10-9-11-13-19)30(29-24)23-16-20(26(2,3)4)15-21(17-23)27(5,6)7/h15-19H,8-14H2,1-7H3,(H,28,31). The van der Waals surface area contributed by atoms with Gasteiger partial charge in [-0.1, -0.05) is 79.7 Å². The van der Waals surface area contributed by atoms with Crippen LogP contribution in [0, 0.1) is 5.92 Å². The molecule has 0 bridgehead atoms. The van der Waals surface area contributed by atoms with Crippen molar-refractivity contribution < 1.29 is 4.79 Å². The molecule has 0 radical (unpaired) electrons. The minimum absolute atomic E-state index is 0.0368. The smallest absolute Gasteiger partial charge is 0.271 e. The number of carbonyl (C=O) groups is 1. The summed E-state index contributed by atoms with van der Waals surface area (Å²) in [5.41, 5.74) is 5.41. The first-order valence-corrected chi connectivity index (χ1v) is 12.0. The van der Waals surface area contributed by atoms with Gasteiger partial charge in [0.05, 0.1) is 5.69 Å². The van der Waals surface area contributed by atoms with Gasteiger partial charge in [0.15, 0.2) is 5.69 Å². The predicted molar refractivity (Wildman–Crippen MR) is 129 cm³/mol. The second-order valence-corrected chi connectivity index (χ2v) is 11.3. The molecule has 1 aromatic heterocycles. The molecule has 31 heavy (non-hydrogen) atoms. The SMILES string of the molecule is CCNC(=O)c1cc(CC2CCCCC2)n(-c2cc(C(C)(C)C)cc(C(C)(C)C)c2)n1. The van der Waals surface area contributed by atoms with Gasteiger partial charge in [0.25, 0.3) is 5.91 Å². The maximum Gasteiger partial charge on any atom is 0.271 e. The van der Waals surface area contributed by atoms with Crippen LogP contribution in [0.25, 0.3) is 5.69 Å². The van der Waals surface area contributed by atoms with E-state index < -0.39 is 0 Å². The molecule has 0 atom stereocenters. The van der Waals surface area contributed by atoms with Crippen molar-refractivity contribution >= 4 is 5.91 Å². The van der Waals surface area contributed by atoms with E-state index in [1.54, 1.807) is 0 Å². The van der Waals surface area contributed by atoms with E-state index in [1.807, 2.05) is 17.7 Å². The number of nitrogens with one attached hydrogen (secondary N) is 1. The Balaban J connectivity index is 2.11. The highest BCUT2D eigenvalue weighted by molar-refractivity contribution is 5.92. The summed E-state index contributed by atoms with van der Waals surface area (Å²) in [5, 5.41) is 7.73. The van der Waals surface area contributed by atoms with Crippen LogP contribution >= 0.6 is 0 Å². The molecule has 0 unspecified atom stereocenters. The van der Waals surface area contributed by atoms with Gasteiger partial charge < -0.3 is 5.32 Å². The van der Waals surface area contributed by atoms with E-state index in [0.29, 0.717) is 18.2 Å². The number of nitrogens with zero attached hydrogens (tertiary/aromatic N) is 2. The molecule has 4 heteroatoms. The molecule has 4 nitrogen and oxygen atoms in total. The molecular formula is C27H41N3O. The Bertz CT molecular complexity index is 873. The largest absolute Gasteiger partial charge is 0.351 e. The summed E-state index contributed by atoms with van der Waals surface area (Å²) < 4.78 is 2.05. The maximum absolute atomic E-state index is 12.6. The molecule has 3 rings (SSSR count). The third kappa shape index (κ3) is 5.78. The molecule has 0 aliphatic heterocycles. The molecule has 2 aromatic rings. The summed E-state index contributed by atoms with van der Waals surface area (Å²) in [6, 6.07) is 8.86. The van der Waals surface area contributed by atoms with E-state index >= 15 is 0 Å². The first-order valence-electron chi connectivity index (χ1n) is 12.0. The average molecular weight is 424 g/mol. The monoisotopic (exact) mass is 423 g/mol. The molecule has 1 aliphatic rings. The molecule has 170 valence electrons. The van der Waals surface area contributed by atoms with E-state index in [1.165, 1.54) is 43.2 Å². The first kappa shape index (κ1) is 23.6. The number of rotatable bonds is 5. The lowest BCUT2D eigenvalue weighted by atomic mass is 9.80. The van der Waals surface area contributed by atoms with Gasteiger partial charge in [0.1, 0.15) is 0 Å². The van der Waals surface area contributed by atoms with E-state index in [4.69, 9.17) is 5.10 Å². The van der Waals surface area contributed by atoms with Crippen LogP contribution in [0.5, 0.6) is 0 Å². The van der Waals surface area contributed by atoms with Gasteiger partial charge in [-0.05, 0) is 59.4 Å². The van der Waals surface area contributed by atoms with Crippen molar-refractivity contribution in [2.24, 2.45) is 5.92 Å². The third-order valence-electron chi connectivity index (χ3n) is 6.47. The highest BCUT2D eigenvalue weighted by Gasteiger charge is 2.24. The van der Waals surface area contributed by atoms with Gasteiger partial charge in [-0.15, -0.1) is 0 Å². The quantitative estimate of drug-likeness (QED) is 0.610. The van der Waals surface area contributed by atoms with Gasteiger partial charge in [-0.2, -0.15) is 5.10 Å². The lowest BCUT2D eigenvalue weighted by Gasteiger charge is -2.27. The van der Waals surface area contributed by atoms with E-state index in [9.17, 15) is 4.79 Å². The fourth-order valence-electron chi connectivity index (χ4n) is 4.44. The molecule has 1 aliphatic carbocycles. The molecule has 1 saturated carbocycles. The lowest BCUT2D eigenvalue weighted by molar-refractivity contribution is 0.0950. The van der Waals surface area contributed by atoms with E-state index in [2.05, 4.69) is 65.1 Å². The normalized spacial score (nSPS) is 15.8. The lowest BCUT2D eigenvalue weighted by Crippen LogP contribution is -2.23. The van der Waals surface area contributed by atoms with Crippen molar-refractivity contribution in [1.29, 1.82) is 0 Å². The summed E-state index contributed by atoms with van der Waals surface area (Å²) in [6.07, 6.45) is 7.51. The molecule has 1 N–H and O–H groups in total. The highest BCUT2D eigenvalue weighted by atomic mass is 16.1. The maximum atomic E-state index is 12.6. The molecule has 0 saturated heterocycles. The first-order chi connectivity index (χ1) is 14.5. The minimum atomic E-state index is -0.0887. The predicted octanol–water partition coefficient (Wildman–Crippen LogP) is 6.34. The van der Waals surface area contributed by atoms with Crippen molar-refractivity contribution in [3.63, 3.8) is 0 Å². The van der Waals surface area contributed by atoms with Crippen LogP contribution in [-0.4, -0.2) is 22.2 Å². The Morgan fingerprint density at radius 2 is 1.55 bits per heavy atom. The Hall–Kier alpha value is -2.10. The van der Waals surface area contributed by atoms with Gasteiger partial charge in [-0.3, -0.25) is 4.79 Å². The molecule has 1 heterocycles. The van der Waals surface area contributed by atoms with E-state index in [-0.39, 0.29) is 16.7 Å². The highest BCUT2D eigenvalue weighted by Crippen LogP contribution is 2.33. The van der Waals surface area contributed by atoms with E-state index in [0.717, 1.165) is 17.8 Å². The van der Waals surface area contributed by atoms with Crippen LogP contribution in [-0.2, 0) is 17.3 Å². The summed E-state index contributed by atoms with van der Waals surface area (Å²) in [6.45, 7) is 16.1. The van der Waals surface area contributed by atoms with Crippen LogP contribution < -0.4 is 5.32 Å². The fourth-order valence-corrected chi connectivity index (χ4v) is 4.44. The summed E-state index contributed by atoms with van der Waals surface area (Å²) in [7, 11) is 0. The molecule has 1 amide bonds. The number of hydrogen-bond donors (Lipinski definition) is 1. The Morgan fingerprint density at radius 3 is 2.06 bits per heavy atom. The number of benzene rings is 1. The van der Waals surface area contributed by atoms with Crippen LogP contribution in [0.15, 0.2) is 24.3 Å². The molecule has 1 aromatic carbocycles. The average Bonchev–Trinajstić information content (AvgIpc) is 3.11. The van der Waals surface area contributed by atoms with Crippen LogP contribution in [0.2, 0.25) is 0 Å². The zero-order valence-electron chi connectivity index (χ0n) is 20.6. The third-order valence-corrected chi connectivity index (χ3v) is 6.47. The number of amides is 1. The number of hydrogen-bond acceptors (Lipinski definition) is 2. The minimum Gasteiger partial charge on any atom is -0.351 e. The summed E-state index contributed by atoms with van der Waals surface area (Å²) in [4.78, 5) is 12.6. The summed E-state index contributed by atoms with van der Waals surface area (Å²) >= 11 is 0. The van der Waals surface area contributed by atoms with Crippen molar-refractivity contribution in [1.82, 2.24) is 15.1 Å². The Kier molecular flexibility index (Phi) is 6.98. The van der Waals surface area contributed by atoms with Gasteiger partial charge >= 0.3 is 0 Å². The van der Waals surface area contributed by atoms with Crippen molar-refractivity contribution in [3.8, 4) is 5.69 Å². The van der Waals surface area contributed by atoms with Crippen molar-refractivity contribution in [2.45, 2.75) is 97.8 Å². The molecular weight excluding hydrogens is 382 g/mol. The fraction of sp³-hybridized carbons (Fsp3) is 0.630. The molecule has 0 spiro atoms. The number of carbonyl (C=O) groups excluding carboxylic acids is 1. The van der Waals surface area contributed by atoms with Crippen LogP contribution in [0.1, 0.15) is 108 Å². The second kappa shape index (κ2) is 9.18. The van der Waals surface area contributed by atoms with Crippen molar-refractivity contribution in [2.75, 3.05) is 6.54 Å². The van der Waals surface area contributed by atoms with Gasteiger partial charge in [0, 0.05) is 12.2 Å². The Morgan fingerprint density at radius 1 is 0.968 bits per heavy atom. The number of aromatic nitrogens is 2. The van der Waals surface area contributed by atoms with Crippen molar-refractivity contribution in [3.05, 3.63) is 46.8 Å². The Labute approximate surface area is 188 Å². The van der Waals surface area contributed by atoms with Gasteiger partial charge in [0.2, 0.25) is 0 Å². The van der Waals surface area contributed by atoms with Gasteiger partial charge in [-0.25, -0.2) is 4.68 Å². The molecule has 1 fully saturated rings. The zero-order chi connectivity index (χ0) is 22.8. The second-order valence-electron chi connectivity index (χ2n) is 11.3. The zero-order valence-corrected chi connectivity index (χ0v) is 20.6. The topological polar surface area (TPSA) is 46.9 Å². The van der Waals surface area contributed by atoms with Crippen LogP contribution in [0.4, 0.5) is 0 Å².